The molecular weight excluding hydrogens is 324 g/mol. The second-order valence-corrected chi connectivity index (χ2v) is 6.29. The van der Waals surface area contributed by atoms with E-state index in [0.29, 0.717) is 10.6 Å². The zero-order chi connectivity index (χ0) is 15.7. The maximum Gasteiger partial charge on any atom is 0.224 e. The van der Waals surface area contributed by atoms with Crippen molar-refractivity contribution >= 4 is 29.1 Å². The Morgan fingerprint density at radius 2 is 1.77 bits per heavy atom. The third kappa shape index (κ3) is 3.26. The van der Waals surface area contributed by atoms with Gasteiger partial charge < -0.3 is 5.32 Å². The molecule has 2 aromatic rings. The number of amides is 1. The van der Waals surface area contributed by atoms with Gasteiger partial charge in [0.25, 0.3) is 0 Å². The van der Waals surface area contributed by atoms with Crippen LogP contribution in [0.2, 0.25) is 10.0 Å². The van der Waals surface area contributed by atoms with E-state index < -0.39 is 5.82 Å². The molecule has 2 nitrogen and oxygen atoms in total. The smallest absolute Gasteiger partial charge is 0.224 e. The Morgan fingerprint density at radius 1 is 1.14 bits per heavy atom. The molecule has 1 N–H and O–H groups in total. The topological polar surface area (TPSA) is 29.1 Å². The minimum Gasteiger partial charge on any atom is -0.352 e. The lowest BCUT2D eigenvalue weighted by Crippen LogP contribution is -2.36. The van der Waals surface area contributed by atoms with Crippen LogP contribution in [0.3, 0.4) is 0 Å². The molecule has 0 aromatic heterocycles. The van der Waals surface area contributed by atoms with E-state index in [1.807, 2.05) is 12.1 Å². The maximum atomic E-state index is 13.5. The Labute approximate surface area is 138 Å². The van der Waals surface area contributed by atoms with Gasteiger partial charge in [0.1, 0.15) is 5.82 Å². The van der Waals surface area contributed by atoms with Crippen LogP contribution in [0.5, 0.6) is 0 Å². The molecule has 0 saturated heterocycles. The lowest BCUT2D eigenvalue weighted by molar-refractivity contribution is -0.121. The van der Waals surface area contributed by atoms with Gasteiger partial charge in [-0.2, -0.15) is 0 Å². The number of fused-ring (bicyclic) bond motifs is 1. The molecule has 0 atom stereocenters. The molecule has 2 aromatic carbocycles. The first-order valence-corrected chi connectivity index (χ1v) is 7.78. The summed E-state index contributed by atoms with van der Waals surface area (Å²) in [7, 11) is 0. The molecule has 0 bridgehead atoms. The van der Waals surface area contributed by atoms with E-state index >= 15 is 0 Å². The molecule has 0 aliphatic heterocycles. The van der Waals surface area contributed by atoms with Gasteiger partial charge in [-0.25, -0.2) is 4.39 Å². The van der Waals surface area contributed by atoms with Gasteiger partial charge in [0, 0.05) is 11.1 Å². The average molecular weight is 338 g/mol. The summed E-state index contributed by atoms with van der Waals surface area (Å²) < 4.78 is 13.5. The number of hydrogen-bond donors (Lipinski definition) is 1. The molecule has 0 spiro atoms. The molecule has 0 heterocycles. The number of benzene rings is 2. The van der Waals surface area contributed by atoms with Crippen LogP contribution in [0.4, 0.5) is 4.39 Å². The minimum absolute atomic E-state index is 0.0413. The molecule has 0 fully saturated rings. The molecule has 1 aliphatic carbocycles. The minimum atomic E-state index is -0.567. The number of carbonyl (C=O) groups excluding carboxylic acids is 1. The highest BCUT2D eigenvalue weighted by molar-refractivity contribution is 6.35. The Balaban J connectivity index is 1.64. The number of halogens is 3. The van der Waals surface area contributed by atoms with E-state index in [-0.39, 0.29) is 23.4 Å². The maximum absolute atomic E-state index is 13.5. The molecular formula is C17H14Cl2FNO. The summed E-state index contributed by atoms with van der Waals surface area (Å²) in [5.41, 5.74) is 2.98. The fourth-order valence-electron chi connectivity index (χ4n) is 2.81. The third-order valence-electron chi connectivity index (χ3n) is 3.86. The van der Waals surface area contributed by atoms with Crippen molar-refractivity contribution < 1.29 is 9.18 Å². The Morgan fingerprint density at radius 3 is 2.41 bits per heavy atom. The van der Waals surface area contributed by atoms with Crippen molar-refractivity contribution in [2.45, 2.75) is 25.3 Å². The molecule has 22 heavy (non-hydrogen) atoms. The molecule has 5 heteroatoms. The summed E-state index contributed by atoms with van der Waals surface area (Å²) in [6.45, 7) is 0. The predicted molar refractivity (Wildman–Crippen MR) is 85.9 cm³/mol. The van der Waals surface area contributed by atoms with Crippen molar-refractivity contribution in [2.24, 2.45) is 0 Å². The van der Waals surface area contributed by atoms with Gasteiger partial charge >= 0.3 is 0 Å². The van der Waals surface area contributed by atoms with Crippen molar-refractivity contribution in [3.8, 4) is 0 Å². The zero-order valence-electron chi connectivity index (χ0n) is 11.7. The van der Waals surface area contributed by atoms with Gasteiger partial charge in [0.2, 0.25) is 5.91 Å². The highest BCUT2D eigenvalue weighted by atomic mass is 35.5. The van der Waals surface area contributed by atoms with Crippen LogP contribution in [0.25, 0.3) is 0 Å². The normalized spacial score (nSPS) is 14.0. The first kappa shape index (κ1) is 15.3. The summed E-state index contributed by atoms with van der Waals surface area (Å²) in [6.07, 6.45) is 1.69. The van der Waals surface area contributed by atoms with Crippen LogP contribution >= 0.6 is 23.2 Å². The van der Waals surface area contributed by atoms with Crippen molar-refractivity contribution in [2.75, 3.05) is 0 Å². The Bertz CT molecular complexity index is 708. The standard InChI is InChI=1S/C17H14Cl2FNO/c18-14-9-15(19)16(20)7-12(14)8-17(22)21-13-5-10-3-1-2-4-11(10)6-13/h1-4,7,9,13H,5-6,8H2,(H,21,22). The second-order valence-electron chi connectivity index (χ2n) is 5.48. The monoisotopic (exact) mass is 337 g/mol. The van der Waals surface area contributed by atoms with Crippen LogP contribution < -0.4 is 5.32 Å². The Hall–Kier alpha value is -1.58. The van der Waals surface area contributed by atoms with E-state index in [4.69, 9.17) is 23.2 Å². The van der Waals surface area contributed by atoms with E-state index in [2.05, 4.69) is 17.4 Å². The fraction of sp³-hybridized carbons (Fsp3) is 0.235. The molecule has 0 radical (unpaired) electrons. The van der Waals surface area contributed by atoms with E-state index in [1.165, 1.54) is 23.3 Å². The number of nitrogens with one attached hydrogen (secondary N) is 1. The van der Waals surface area contributed by atoms with Crippen molar-refractivity contribution in [3.63, 3.8) is 0 Å². The molecule has 0 unspecified atom stereocenters. The highest BCUT2D eigenvalue weighted by Crippen LogP contribution is 2.25. The van der Waals surface area contributed by atoms with E-state index in [0.717, 1.165) is 12.8 Å². The van der Waals surface area contributed by atoms with Crippen molar-refractivity contribution in [1.82, 2.24) is 5.32 Å². The summed E-state index contributed by atoms with van der Waals surface area (Å²) in [5, 5.41) is 3.24. The first-order chi connectivity index (χ1) is 10.5. The molecule has 1 aliphatic rings. The van der Waals surface area contributed by atoms with Crippen LogP contribution in [-0.2, 0) is 24.1 Å². The number of rotatable bonds is 3. The van der Waals surface area contributed by atoms with Crippen LogP contribution in [0, 0.1) is 5.82 Å². The van der Waals surface area contributed by atoms with Crippen LogP contribution in [0.15, 0.2) is 36.4 Å². The van der Waals surface area contributed by atoms with Gasteiger partial charge in [-0.1, -0.05) is 47.5 Å². The van der Waals surface area contributed by atoms with Crippen LogP contribution in [0.1, 0.15) is 16.7 Å². The third-order valence-corrected chi connectivity index (χ3v) is 4.50. The van der Waals surface area contributed by atoms with Crippen LogP contribution in [-0.4, -0.2) is 11.9 Å². The van der Waals surface area contributed by atoms with E-state index in [1.54, 1.807) is 0 Å². The molecule has 1 amide bonds. The second kappa shape index (κ2) is 6.27. The SMILES string of the molecule is O=C(Cc1cc(F)c(Cl)cc1Cl)NC1Cc2ccccc2C1. The van der Waals surface area contributed by atoms with Gasteiger partial charge in [0.05, 0.1) is 11.4 Å². The predicted octanol–water partition coefficient (Wildman–Crippen LogP) is 3.96. The van der Waals surface area contributed by atoms with Gasteiger partial charge in [-0.05, 0) is 41.7 Å². The quantitative estimate of drug-likeness (QED) is 0.844. The average Bonchev–Trinajstić information content (AvgIpc) is 2.86. The summed E-state index contributed by atoms with van der Waals surface area (Å²) >= 11 is 11.7. The van der Waals surface area contributed by atoms with Gasteiger partial charge in [0.15, 0.2) is 0 Å². The summed E-state index contributed by atoms with van der Waals surface area (Å²) in [5.74, 6) is -0.733. The fourth-order valence-corrected chi connectivity index (χ4v) is 3.26. The number of carbonyl (C=O) groups is 1. The van der Waals surface area contributed by atoms with Gasteiger partial charge in [-0.15, -0.1) is 0 Å². The van der Waals surface area contributed by atoms with Crippen molar-refractivity contribution in [3.05, 3.63) is 69.0 Å². The summed E-state index contributed by atoms with van der Waals surface area (Å²) in [4.78, 5) is 12.1. The van der Waals surface area contributed by atoms with Gasteiger partial charge in [-0.3, -0.25) is 4.79 Å². The lowest BCUT2D eigenvalue weighted by atomic mass is 10.1. The summed E-state index contributed by atoms with van der Waals surface area (Å²) in [6, 6.07) is 10.8. The highest BCUT2D eigenvalue weighted by Gasteiger charge is 2.22. The lowest BCUT2D eigenvalue weighted by Gasteiger charge is -2.13. The molecule has 3 rings (SSSR count). The van der Waals surface area contributed by atoms with E-state index in [9.17, 15) is 9.18 Å². The van der Waals surface area contributed by atoms with Crippen molar-refractivity contribution in [1.29, 1.82) is 0 Å². The first-order valence-electron chi connectivity index (χ1n) is 7.02. The largest absolute Gasteiger partial charge is 0.352 e. The Kier molecular flexibility index (Phi) is 4.37. The zero-order valence-corrected chi connectivity index (χ0v) is 13.2. The molecule has 114 valence electrons. The number of hydrogen-bond acceptors (Lipinski definition) is 1. The molecule has 0 saturated carbocycles.